The minimum absolute atomic E-state index is 0.155. The molecule has 0 heterocycles. The summed E-state index contributed by atoms with van der Waals surface area (Å²) in [6.45, 7) is 0. The summed E-state index contributed by atoms with van der Waals surface area (Å²) in [4.78, 5) is 23.0. The van der Waals surface area contributed by atoms with Crippen molar-refractivity contribution in [2.75, 3.05) is 0 Å². The van der Waals surface area contributed by atoms with Gasteiger partial charge in [0, 0.05) is 12.1 Å². The number of hydrogen-bond acceptors (Lipinski definition) is 4. The normalized spacial score (nSPS) is 16.0. The lowest BCUT2D eigenvalue weighted by Gasteiger charge is -2.04. The fourth-order valence-electron chi connectivity index (χ4n) is 4.26. The van der Waals surface area contributed by atoms with Gasteiger partial charge in [-0.05, 0) is 31.3 Å². The lowest BCUT2D eigenvalue weighted by Crippen LogP contribution is -1.98. The largest absolute Gasteiger partial charge is 0.278 e. The van der Waals surface area contributed by atoms with Crippen LogP contribution in [-0.2, 0) is 0 Å². The molecule has 0 atom stereocenters. The van der Waals surface area contributed by atoms with Crippen LogP contribution in [-0.4, -0.2) is 9.85 Å². The van der Waals surface area contributed by atoms with Crippen LogP contribution in [0.5, 0.6) is 0 Å². The maximum atomic E-state index is 12.0. The first kappa shape index (κ1) is 17.8. The van der Waals surface area contributed by atoms with Crippen LogP contribution in [0.15, 0.2) is 84.9 Å². The van der Waals surface area contributed by atoms with Gasteiger partial charge in [0.1, 0.15) is 0 Å². The molecule has 4 aromatic rings. The van der Waals surface area contributed by atoms with Crippen LogP contribution < -0.4 is 0 Å². The highest BCUT2D eigenvalue weighted by molar-refractivity contribution is 5.45. The molecule has 0 aromatic heterocycles. The van der Waals surface area contributed by atoms with E-state index in [9.17, 15) is 20.2 Å². The maximum Gasteiger partial charge on any atom is 0.278 e. The summed E-state index contributed by atoms with van der Waals surface area (Å²) < 4.78 is 0. The van der Waals surface area contributed by atoms with E-state index in [0.29, 0.717) is 10.4 Å². The van der Waals surface area contributed by atoms with Crippen LogP contribution in [0, 0.1) is 62.0 Å². The molecule has 1 aliphatic rings. The SMILES string of the molecule is O=[N+]([O-])c1cccc2/c1=c1/c([N+](=O)[O-])ccc/c1=c1\cccc\c1=c1/cccc/c1=2. The van der Waals surface area contributed by atoms with Gasteiger partial charge in [-0.15, -0.1) is 0 Å². The van der Waals surface area contributed by atoms with E-state index >= 15 is 0 Å². The molecule has 1 aliphatic carbocycles. The summed E-state index contributed by atoms with van der Waals surface area (Å²) in [7, 11) is 0. The first-order chi connectivity index (χ1) is 14.6. The van der Waals surface area contributed by atoms with Gasteiger partial charge in [0.25, 0.3) is 11.4 Å². The monoisotopic (exact) mass is 394 g/mol. The predicted molar refractivity (Wildman–Crippen MR) is 110 cm³/mol. The summed E-state index contributed by atoms with van der Waals surface area (Å²) >= 11 is 0. The topological polar surface area (TPSA) is 86.3 Å². The fourth-order valence-corrected chi connectivity index (χ4v) is 4.26. The van der Waals surface area contributed by atoms with Crippen LogP contribution in [0.4, 0.5) is 11.4 Å². The summed E-state index contributed by atoms with van der Waals surface area (Å²) in [5, 5.41) is 29.1. The Bertz CT molecular complexity index is 1630. The number of rotatable bonds is 2. The Hall–Kier alpha value is -4.32. The van der Waals surface area contributed by atoms with Gasteiger partial charge < -0.3 is 0 Å². The second-order valence-electron chi connectivity index (χ2n) is 7.00. The van der Waals surface area contributed by atoms with Crippen molar-refractivity contribution in [2.24, 2.45) is 0 Å². The molecular formula is C24H14N2O4. The van der Waals surface area contributed by atoms with E-state index in [-0.39, 0.29) is 21.8 Å². The van der Waals surface area contributed by atoms with Crippen molar-refractivity contribution in [3.8, 4) is 0 Å². The lowest BCUT2D eigenvalue weighted by molar-refractivity contribution is -0.388. The molecule has 144 valence electrons. The van der Waals surface area contributed by atoms with Crippen LogP contribution in [0.1, 0.15) is 0 Å². The summed E-state index contributed by atoms with van der Waals surface area (Å²) in [6, 6.07) is 24.9. The average Bonchev–Trinajstić information content (AvgIpc) is 2.77. The number of benzene rings is 4. The minimum Gasteiger partial charge on any atom is -0.258 e. The highest BCUT2D eigenvalue weighted by Crippen LogP contribution is 2.24. The van der Waals surface area contributed by atoms with Crippen LogP contribution in [0.3, 0.4) is 0 Å². The lowest BCUT2D eigenvalue weighted by atomic mass is 10.0. The van der Waals surface area contributed by atoms with Crippen LogP contribution in [0.2, 0.25) is 0 Å². The summed E-state index contributed by atoms with van der Waals surface area (Å²) in [5.74, 6) is 0. The Balaban J connectivity index is 2.48. The molecule has 0 spiro atoms. The third-order valence-corrected chi connectivity index (χ3v) is 5.45. The molecule has 0 saturated heterocycles. The molecule has 30 heavy (non-hydrogen) atoms. The Kier molecular flexibility index (Phi) is 3.93. The molecule has 0 fully saturated rings. The molecule has 0 N–H and O–H groups in total. The van der Waals surface area contributed by atoms with Gasteiger partial charge in [-0.2, -0.15) is 0 Å². The first-order valence-corrected chi connectivity index (χ1v) is 9.32. The second-order valence-corrected chi connectivity index (χ2v) is 7.00. The first-order valence-electron chi connectivity index (χ1n) is 9.32. The fraction of sp³-hybridized carbons (Fsp3) is 0. The van der Waals surface area contributed by atoms with E-state index in [1.165, 1.54) is 12.1 Å². The van der Waals surface area contributed by atoms with Crippen molar-refractivity contribution in [2.45, 2.75) is 0 Å². The highest BCUT2D eigenvalue weighted by atomic mass is 16.6. The zero-order chi connectivity index (χ0) is 20.8. The third-order valence-electron chi connectivity index (χ3n) is 5.45. The number of fused-ring (bicyclic) bond motifs is 4. The van der Waals surface area contributed by atoms with Crippen molar-refractivity contribution in [3.05, 3.63) is 147 Å². The average molecular weight is 394 g/mol. The van der Waals surface area contributed by atoms with E-state index in [0.717, 1.165) is 20.9 Å². The van der Waals surface area contributed by atoms with Gasteiger partial charge in [0.2, 0.25) is 0 Å². The Morgan fingerprint density at radius 2 is 0.733 bits per heavy atom. The quantitative estimate of drug-likeness (QED) is 0.313. The molecule has 0 radical (unpaired) electrons. The van der Waals surface area contributed by atoms with Crippen molar-refractivity contribution < 1.29 is 9.85 Å². The van der Waals surface area contributed by atoms with Crippen molar-refractivity contribution in [1.82, 2.24) is 0 Å². The van der Waals surface area contributed by atoms with Crippen LogP contribution in [0.25, 0.3) is 0 Å². The highest BCUT2D eigenvalue weighted by Gasteiger charge is 2.17. The standard InChI is InChI=1S/C24H14N2O4/c27-25(28)21-13-5-11-19-17-9-3-1-7-15(17)16-8-2-4-10-18(16)20-12-6-14-22(26(29)30)24(20)23(19)21/h1-14H/b16-15-,19-17-,20-18-,24-23-. The van der Waals surface area contributed by atoms with Gasteiger partial charge in [-0.25, -0.2) is 0 Å². The Morgan fingerprint density at radius 1 is 0.433 bits per heavy atom. The Morgan fingerprint density at radius 3 is 1.07 bits per heavy atom. The zero-order valence-electron chi connectivity index (χ0n) is 15.6. The number of nitro groups is 2. The minimum atomic E-state index is -0.477. The summed E-state index contributed by atoms with van der Waals surface area (Å²) in [6.07, 6.45) is 0. The molecule has 6 heteroatoms. The summed E-state index contributed by atoms with van der Waals surface area (Å²) in [5.41, 5.74) is -0.311. The van der Waals surface area contributed by atoms with Gasteiger partial charge in [0.05, 0.1) is 20.3 Å². The molecule has 0 aliphatic heterocycles. The maximum absolute atomic E-state index is 12.0. The van der Waals surface area contributed by atoms with Crippen molar-refractivity contribution in [1.29, 1.82) is 0 Å². The molecule has 0 unspecified atom stereocenters. The predicted octanol–water partition coefficient (Wildman–Crippen LogP) is 4.96. The van der Waals surface area contributed by atoms with Gasteiger partial charge in [-0.1, -0.05) is 72.8 Å². The number of nitro benzene ring substituents is 2. The van der Waals surface area contributed by atoms with Gasteiger partial charge in [-0.3, -0.25) is 20.2 Å². The molecule has 4 aromatic carbocycles. The molecule has 6 nitrogen and oxygen atoms in total. The van der Waals surface area contributed by atoms with E-state index in [1.54, 1.807) is 24.3 Å². The van der Waals surface area contributed by atoms with Crippen molar-refractivity contribution in [3.63, 3.8) is 0 Å². The van der Waals surface area contributed by atoms with Crippen LogP contribution >= 0.6 is 0 Å². The van der Waals surface area contributed by atoms with E-state index in [1.807, 2.05) is 48.5 Å². The number of hydrogen-bond donors (Lipinski definition) is 0. The molecule has 0 bridgehead atoms. The zero-order valence-corrected chi connectivity index (χ0v) is 15.6. The number of nitrogens with zero attached hydrogens (tertiary/aromatic N) is 2. The van der Waals surface area contributed by atoms with E-state index in [2.05, 4.69) is 0 Å². The van der Waals surface area contributed by atoms with Gasteiger partial charge in [0.15, 0.2) is 0 Å². The number of non-ortho nitro benzene ring substituents is 2. The molecule has 0 saturated carbocycles. The smallest absolute Gasteiger partial charge is 0.258 e. The molecular weight excluding hydrogens is 380 g/mol. The Labute approximate surface area is 168 Å². The van der Waals surface area contributed by atoms with Crippen molar-refractivity contribution >= 4 is 11.4 Å². The molecule has 0 amide bonds. The van der Waals surface area contributed by atoms with E-state index in [4.69, 9.17) is 0 Å². The van der Waals surface area contributed by atoms with E-state index < -0.39 is 9.85 Å². The third kappa shape index (κ3) is 2.51. The second kappa shape index (κ2) is 6.63. The van der Waals surface area contributed by atoms with Gasteiger partial charge >= 0.3 is 0 Å². The molecule has 5 rings (SSSR count).